The van der Waals surface area contributed by atoms with Crippen molar-refractivity contribution in [3.63, 3.8) is 0 Å². The van der Waals surface area contributed by atoms with E-state index in [0.29, 0.717) is 23.0 Å². The number of likely N-dealkylation sites (tertiary alicyclic amines) is 1. The van der Waals surface area contributed by atoms with Gasteiger partial charge in [-0.3, -0.25) is 18.8 Å². The van der Waals surface area contributed by atoms with E-state index in [1.54, 1.807) is 7.05 Å². The zero-order valence-electron chi connectivity index (χ0n) is 15.9. The number of aromatic nitrogens is 4. The maximum Gasteiger partial charge on any atom is 0.332 e. The summed E-state index contributed by atoms with van der Waals surface area (Å²) in [4.78, 5) is 32.1. The molecule has 25 heavy (non-hydrogen) atoms. The van der Waals surface area contributed by atoms with Crippen molar-refractivity contribution in [3.8, 4) is 0 Å². The van der Waals surface area contributed by atoms with Gasteiger partial charge in [0.05, 0.1) is 6.54 Å². The molecule has 2 aromatic heterocycles. The molecule has 3 rings (SSSR count). The second-order valence-corrected chi connectivity index (χ2v) is 7.89. The molecule has 0 unspecified atom stereocenters. The molecule has 1 atom stereocenters. The maximum absolute atomic E-state index is 12.7. The molecule has 0 bridgehead atoms. The lowest BCUT2D eigenvalue weighted by Crippen LogP contribution is -2.37. The molecule has 138 valence electrons. The average Bonchev–Trinajstić information content (AvgIpc) is 2.89. The van der Waals surface area contributed by atoms with Crippen LogP contribution in [-0.2, 0) is 27.2 Å². The molecule has 3 heterocycles. The van der Waals surface area contributed by atoms with E-state index in [9.17, 15) is 9.59 Å². The van der Waals surface area contributed by atoms with E-state index in [0.717, 1.165) is 32.0 Å². The van der Waals surface area contributed by atoms with Crippen LogP contribution in [0.5, 0.6) is 0 Å². The van der Waals surface area contributed by atoms with Gasteiger partial charge in [0, 0.05) is 27.2 Å². The van der Waals surface area contributed by atoms with Gasteiger partial charge in [-0.1, -0.05) is 20.8 Å². The van der Waals surface area contributed by atoms with Gasteiger partial charge in [-0.25, -0.2) is 9.78 Å². The van der Waals surface area contributed by atoms with Crippen molar-refractivity contribution in [3.05, 3.63) is 26.7 Å². The van der Waals surface area contributed by atoms with Crippen LogP contribution in [0.25, 0.3) is 11.2 Å². The number of rotatable bonds is 4. The van der Waals surface area contributed by atoms with Crippen molar-refractivity contribution in [2.45, 2.75) is 46.7 Å². The summed E-state index contributed by atoms with van der Waals surface area (Å²) >= 11 is 0. The smallest absolute Gasteiger partial charge is 0.321 e. The standard InChI is InChI=1S/C18H29N5O2/c1-12(2)9-23-14(11-22-8-6-7-13(3)10-22)19-16-15(23)17(24)21(5)18(25)20(16)4/h12-13H,6-11H2,1-5H3/t13-/m1/s1. The highest BCUT2D eigenvalue weighted by Crippen LogP contribution is 2.20. The van der Waals surface area contributed by atoms with E-state index in [1.807, 2.05) is 4.57 Å². The van der Waals surface area contributed by atoms with Crippen molar-refractivity contribution in [2.24, 2.45) is 25.9 Å². The Morgan fingerprint density at radius 1 is 1.20 bits per heavy atom. The van der Waals surface area contributed by atoms with Crippen molar-refractivity contribution < 1.29 is 0 Å². The van der Waals surface area contributed by atoms with Crippen LogP contribution in [0, 0.1) is 11.8 Å². The zero-order chi connectivity index (χ0) is 18.3. The van der Waals surface area contributed by atoms with E-state index in [1.165, 1.54) is 29.0 Å². The van der Waals surface area contributed by atoms with Crippen molar-refractivity contribution in [1.82, 2.24) is 23.6 Å². The highest BCUT2D eigenvalue weighted by atomic mass is 16.2. The van der Waals surface area contributed by atoms with Gasteiger partial charge in [0.2, 0.25) is 0 Å². The zero-order valence-corrected chi connectivity index (χ0v) is 15.9. The first-order chi connectivity index (χ1) is 11.8. The monoisotopic (exact) mass is 347 g/mol. The average molecular weight is 347 g/mol. The fourth-order valence-electron chi connectivity index (χ4n) is 3.80. The van der Waals surface area contributed by atoms with Crippen molar-refractivity contribution >= 4 is 11.2 Å². The van der Waals surface area contributed by atoms with Gasteiger partial charge in [-0.2, -0.15) is 0 Å². The number of imidazole rings is 1. The third kappa shape index (κ3) is 3.29. The number of piperidine rings is 1. The van der Waals surface area contributed by atoms with Crippen LogP contribution in [0.4, 0.5) is 0 Å². The summed E-state index contributed by atoms with van der Waals surface area (Å²) in [6.45, 7) is 10.1. The van der Waals surface area contributed by atoms with E-state index in [4.69, 9.17) is 4.98 Å². The Labute approximate surface area is 147 Å². The summed E-state index contributed by atoms with van der Waals surface area (Å²) in [6.07, 6.45) is 2.47. The summed E-state index contributed by atoms with van der Waals surface area (Å²) < 4.78 is 4.69. The molecule has 0 radical (unpaired) electrons. The predicted octanol–water partition coefficient (Wildman–Crippen LogP) is 1.32. The van der Waals surface area contributed by atoms with Gasteiger partial charge < -0.3 is 4.57 Å². The molecule has 0 N–H and O–H groups in total. The SMILES string of the molecule is CC(C)Cn1c(CN2CCC[C@@H](C)C2)nc2c1c(=O)n(C)c(=O)n2C. The normalized spacial score (nSPS) is 19.2. The van der Waals surface area contributed by atoms with Crippen LogP contribution < -0.4 is 11.2 Å². The van der Waals surface area contributed by atoms with Gasteiger partial charge in [0.25, 0.3) is 5.56 Å². The molecule has 1 aliphatic heterocycles. The van der Waals surface area contributed by atoms with Gasteiger partial charge in [-0.15, -0.1) is 0 Å². The van der Waals surface area contributed by atoms with E-state index >= 15 is 0 Å². The number of hydrogen-bond acceptors (Lipinski definition) is 4. The summed E-state index contributed by atoms with van der Waals surface area (Å²) in [7, 11) is 3.21. The fraction of sp³-hybridized carbons (Fsp3) is 0.722. The Balaban J connectivity index is 2.14. The largest absolute Gasteiger partial charge is 0.332 e. The second-order valence-electron chi connectivity index (χ2n) is 7.89. The lowest BCUT2D eigenvalue weighted by atomic mass is 10.0. The number of hydrogen-bond donors (Lipinski definition) is 0. The first-order valence-corrected chi connectivity index (χ1v) is 9.17. The molecule has 0 aromatic carbocycles. The van der Waals surface area contributed by atoms with Crippen LogP contribution in [0.3, 0.4) is 0 Å². The van der Waals surface area contributed by atoms with E-state index < -0.39 is 0 Å². The Hall–Kier alpha value is -1.89. The van der Waals surface area contributed by atoms with Crippen LogP contribution in [-0.4, -0.2) is 36.7 Å². The summed E-state index contributed by atoms with van der Waals surface area (Å²) in [5, 5.41) is 0. The summed E-state index contributed by atoms with van der Waals surface area (Å²) in [6, 6.07) is 0. The van der Waals surface area contributed by atoms with E-state index in [2.05, 4.69) is 25.7 Å². The minimum atomic E-state index is -0.329. The van der Waals surface area contributed by atoms with Crippen molar-refractivity contribution in [1.29, 1.82) is 0 Å². The molecular formula is C18H29N5O2. The Morgan fingerprint density at radius 2 is 1.92 bits per heavy atom. The van der Waals surface area contributed by atoms with Crippen LogP contribution >= 0.6 is 0 Å². The molecule has 1 aliphatic rings. The van der Waals surface area contributed by atoms with Crippen molar-refractivity contribution in [2.75, 3.05) is 13.1 Å². The quantitative estimate of drug-likeness (QED) is 0.837. The first kappa shape index (κ1) is 17.9. The summed E-state index contributed by atoms with van der Waals surface area (Å²) in [5.41, 5.74) is 0.446. The summed E-state index contributed by atoms with van der Waals surface area (Å²) in [5.74, 6) is 1.96. The van der Waals surface area contributed by atoms with Gasteiger partial charge >= 0.3 is 5.69 Å². The van der Waals surface area contributed by atoms with Gasteiger partial charge in [0.1, 0.15) is 5.82 Å². The molecular weight excluding hydrogens is 318 g/mol. The number of aryl methyl sites for hydroxylation is 1. The highest BCUT2D eigenvalue weighted by molar-refractivity contribution is 5.71. The Bertz CT molecular complexity index is 889. The van der Waals surface area contributed by atoms with Crippen LogP contribution in [0.1, 0.15) is 39.4 Å². The number of fused-ring (bicyclic) bond motifs is 1. The lowest BCUT2D eigenvalue weighted by Gasteiger charge is -2.30. The third-order valence-electron chi connectivity index (χ3n) is 5.08. The highest BCUT2D eigenvalue weighted by Gasteiger charge is 2.23. The van der Waals surface area contributed by atoms with Gasteiger partial charge in [-0.05, 0) is 31.2 Å². The lowest BCUT2D eigenvalue weighted by molar-refractivity contribution is 0.170. The fourth-order valence-corrected chi connectivity index (χ4v) is 3.80. The molecule has 7 nitrogen and oxygen atoms in total. The van der Waals surface area contributed by atoms with Crippen LogP contribution in [0.2, 0.25) is 0 Å². The molecule has 0 amide bonds. The molecule has 0 aliphatic carbocycles. The predicted molar refractivity (Wildman–Crippen MR) is 98.7 cm³/mol. The Morgan fingerprint density at radius 3 is 2.56 bits per heavy atom. The molecule has 1 fully saturated rings. The minimum Gasteiger partial charge on any atom is -0.321 e. The Kier molecular flexibility index (Phi) is 4.86. The van der Waals surface area contributed by atoms with E-state index in [-0.39, 0.29) is 11.2 Å². The molecule has 1 saturated heterocycles. The molecule has 0 saturated carbocycles. The number of nitrogens with zero attached hydrogens (tertiary/aromatic N) is 5. The molecule has 2 aromatic rings. The third-order valence-corrected chi connectivity index (χ3v) is 5.08. The van der Waals surface area contributed by atoms with Gasteiger partial charge in [0.15, 0.2) is 11.2 Å². The van der Waals surface area contributed by atoms with Crippen LogP contribution in [0.15, 0.2) is 9.59 Å². The maximum atomic E-state index is 12.7. The minimum absolute atomic E-state index is 0.260. The first-order valence-electron chi connectivity index (χ1n) is 9.17. The molecule has 0 spiro atoms. The topological polar surface area (TPSA) is 65.1 Å². The molecule has 7 heteroatoms. The second kappa shape index (κ2) is 6.78.